The first-order valence-electron chi connectivity index (χ1n) is 7.06. The van der Waals surface area contributed by atoms with Gasteiger partial charge in [-0.05, 0) is 42.4 Å². The number of aromatic nitrogens is 1. The van der Waals surface area contributed by atoms with Crippen molar-refractivity contribution in [1.29, 1.82) is 0 Å². The molecule has 3 heteroatoms. The molecule has 106 valence electrons. The van der Waals surface area contributed by atoms with Crippen LogP contribution >= 0.6 is 0 Å². The van der Waals surface area contributed by atoms with Crippen molar-refractivity contribution >= 4 is 10.9 Å². The summed E-state index contributed by atoms with van der Waals surface area (Å²) in [5.74, 6) is 0.875. The van der Waals surface area contributed by atoms with Crippen molar-refractivity contribution in [1.82, 2.24) is 10.3 Å². The van der Waals surface area contributed by atoms with Crippen molar-refractivity contribution in [3.63, 3.8) is 0 Å². The second-order valence-electron chi connectivity index (χ2n) is 4.97. The Morgan fingerprint density at radius 2 is 1.86 bits per heavy atom. The van der Waals surface area contributed by atoms with Crippen LogP contribution < -0.4 is 10.1 Å². The molecule has 0 amide bonds. The third kappa shape index (κ3) is 3.20. The van der Waals surface area contributed by atoms with Crippen molar-refractivity contribution in [3.05, 3.63) is 71.9 Å². The van der Waals surface area contributed by atoms with Crippen molar-refractivity contribution in [3.8, 4) is 5.75 Å². The molecule has 0 saturated heterocycles. The fourth-order valence-electron chi connectivity index (χ4n) is 2.40. The molecule has 3 rings (SSSR count). The van der Waals surface area contributed by atoms with E-state index >= 15 is 0 Å². The number of hydrogen-bond donors (Lipinski definition) is 1. The highest BCUT2D eigenvalue weighted by Gasteiger charge is 2.03. The van der Waals surface area contributed by atoms with E-state index in [0.29, 0.717) is 6.61 Å². The molecule has 0 fully saturated rings. The smallest absolute Gasteiger partial charge is 0.129 e. The molecule has 0 bridgehead atoms. The average Bonchev–Trinajstić information content (AvgIpc) is 2.53. The van der Waals surface area contributed by atoms with Gasteiger partial charge in [0.25, 0.3) is 0 Å². The lowest BCUT2D eigenvalue weighted by atomic mass is 10.1. The van der Waals surface area contributed by atoms with Crippen LogP contribution in [0.2, 0.25) is 0 Å². The number of ether oxygens (including phenoxy) is 1. The summed E-state index contributed by atoms with van der Waals surface area (Å²) in [5.41, 5.74) is 3.39. The van der Waals surface area contributed by atoms with Gasteiger partial charge in [0.1, 0.15) is 12.4 Å². The predicted molar refractivity (Wildman–Crippen MR) is 85.3 cm³/mol. The van der Waals surface area contributed by atoms with Gasteiger partial charge in [0.2, 0.25) is 0 Å². The average molecular weight is 278 g/mol. The molecule has 1 aromatic heterocycles. The molecular weight excluding hydrogens is 260 g/mol. The molecule has 3 aromatic rings. The second-order valence-corrected chi connectivity index (χ2v) is 4.97. The summed E-state index contributed by atoms with van der Waals surface area (Å²) in [6.45, 7) is 1.43. The topological polar surface area (TPSA) is 34.1 Å². The Morgan fingerprint density at radius 3 is 2.76 bits per heavy atom. The molecule has 0 aliphatic heterocycles. The number of hydrogen-bond acceptors (Lipinski definition) is 3. The third-order valence-corrected chi connectivity index (χ3v) is 3.37. The lowest BCUT2D eigenvalue weighted by molar-refractivity contribution is 0.310. The Bertz CT molecular complexity index is 735. The molecule has 0 atom stereocenters. The fourth-order valence-corrected chi connectivity index (χ4v) is 2.40. The third-order valence-electron chi connectivity index (χ3n) is 3.37. The quantitative estimate of drug-likeness (QED) is 0.775. The first-order chi connectivity index (χ1) is 10.4. The highest BCUT2D eigenvalue weighted by molar-refractivity contribution is 5.84. The van der Waals surface area contributed by atoms with Gasteiger partial charge in [-0.1, -0.05) is 30.3 Å². The first kappa shape index (κ1) is 13.6. The van der Waals surface area contributed by atoms with Crippen LogP contribution in [0.25, 0.3) is 10.9 Å². The fraction of sp³-hybridized carbons (Fsp3) is 0.167. The van der Waals surface area contributed by atoms with Gasteiger partial charge in [-0.25, -0.2) is 0 Å². The highest BCUT2D eigenvalue weighted by atomic mass is 16.5. The van der Waals surface area contributed by atoms with Gasteiger partial charge in [-0.3, -0.25) is 4.98 Å². The minimum Gasteiger partial charge on any atom is -0.488 e. The van der Waals surface area contributed by atoms with E-state index in [9.17, 15) is 0 Å². The van der Waals surface area contributed by atoms with E-state index in [0.717, 1.165) is 23.2 Å². The summed E-state index contributed by atoms with van der Waals surface area (Å²) in [6, 6.07) is 18.4. The minimum atomic E-state index is 0.561. The number of benzene rings is 2. The summed E-state index contributed by atoms with van der Waals surface area (Å²) in [4.78, 5) is 4.35. The van der Waals surface area contributed by atoms with Gasteiger partial charge >= 0.3 is 0 Å². The Labute approximate surface area is 124 Å². The molecule has 1 heterocycles. The van der Waals surface area contributed by atoms with Crippen LogP contribution in [0.5, 0.6) is 5.75 Å². The first-order valence-corrected chi connectivity index (χ1v) is 7.06. The van der Waals surface area contributed by atoms with Crippen molar-refractivity contribution < 1.29 is 4.74 Å². The molecule has 0 aliphatic carbocycles. The van der Waals surface area contributed by atoms with Crippen molar-refractivity contribution in [2.45, 2.75) is 13.2 Å². The van der Waals surface area contributed by atoms with Crippen LogP contribution in [-0.2, 0) is 13.2 Å². The zero-order valence-electron chi connectivity index (χ0n) is 12.0. The van der Waals surface area contributed by atoms with Gasteiger partial charge in [0.05, 0.1) is 5.52 Å². The van der Waals surface area contributed by atoms with E-state index in [1.54, 1.807) is 6.20 Å². The molecule has 2 aromatic carbocycles. The maximum Gasteiger partial charge on any atom is 0.129 e. The Morgan fingerprint density at radius 1 is 1.00 bits per heavy atom. The van der Waals surface area contributed by atoms with Gasteiger partial charge in [0.15, 0.2) is 0 Å². The number of pyridine rings is 1. The normalized spacial score (nSPS) is 10.7. The number of nitrogens with zero attached hydrogens (tertiary/aromatic N) is 1. The van der Waals surface area contributed by atoms with E-state index in [1.165, 1.54) is 11.1 Å². The standard InChI is InChI=1S/C18H18N2O/c1-19-12-14-5-2-6-15(11-14)13-21-18-9-3-8-17-16(18)7-4-10-20-17/h2-11,19H,12-13H2,1H3. The van der Waals surface area contributed by atoms with Crippen molar-refractivity contribution in [2.75, 3.05) is 7.05 Å². The summed E-state index contributed by atoms with van der Waals surface area (Å²) in [6.07, 6.45) is 1.80. The number of rotatable bonds is 5. The largest absolute Gasteiger partial charge is 0.488 e. The zero-order valence-corrected chi connectivity index (χ0v) is 12.0. The van der Waals surface area contributed by atoms with Crippen LogP contribution in [0.3, 0.4) is 0 Å². The SMILES string of the molecule is CNCc1cccc(COc2cccc3ncccc23)c1. The number of fused-ring (bicyclic) bond motifs is 1. The van der Waals surface area contributed by atoms with Gasteiger partial charge < -0.3 is 10.1 Å². The highest BCUT2D eigenvalue weighted by Crippen LogP contribution is 2.24. The molecule has 0 aliphatic rings. The van der Waals surface area contributed by atoms with Crippen molar-refractivity contribution in [2.24, 2.45) is 0 Å². The lowest BCUT2D eigenvalue weighted by Crippen LogP contribution is -2.05. The van der Waals surface area contributed by atoms with Gasteiger partial charge in [-0.2, -0.15) is 0 Å². The molecular formula is C18H18N2O. The molecule has 0 saturated carbocycles. The van der Waals surface area contributed by atoms with E-state index in [2.05, 4.69) is 34.6 Å². The van der Waals surface area contributed by atoms with E-state index < -0.39 is 0 Å². The summed E-state index contributed by atoms with van der Waals surface area (Å²) < 4.78 is 5.98. The van der Waals surface area contributed by atoms with E-state index in [4.69, 9.17) is 4.74 Å². The Hall–Kier alpha value is -2.39. The van der Waals surface area contributed by atoms with Crippen LogP contribution in [0.4, 0.5) is 0 Å². The predicted octanol–water partition coefficient (Wildman–Crippen LogP) is 3.53. The zero-order chi connectivity index (χ0) is 14.5. The summed E-state index contributed by atoms with van der Waals surface area (Å²) >= 11 is 0. The molecule has 0 spiro atoms. The van der Waals surface area contributed by atoms with E-state index in [1.807, 2.05) is 37.4 Å². The van der Waals surface area contributed by atoms with Crippen LogP contribution in [0.1, 0.15) is 11.1 Å². The second kappa shape index (κ2) is 6.37. The number of nitrogens with one attached hydrogen (secondary N) is 1. The van der Waals surface area contributed by atoms with Crippen LogP contribution in [0.15, 0.2) is 60.8 Å². The molecule has 1 N–H and O–H groups in total. The maximum atomic E-state index is 5.98. The Balaban J connectivity index is 1.79. The summed E-state index contributed by atoms with van der Waals surface area (Å²) in [5, 5.41) is 4.21. The molecule has 3 nitrogen and oxygen atoms in total. The molecule has 21 heavy (non-hydrogen) atoms. The molecule has 0 unspecified atom stereocenters. The van der Waals surface area contributed by atoms with E-state index in [-0.39, 0.29) is 0 Å². The minimum absolute atomic E-state index is 0.561. The monoisotopic (exact) mass is 278 g/mol. The van der Waals surface area contributed by atoms with Crippen LogP contribution in [0, 0.1) is 0 Å². The molecule has 0 radical (unpaired) electrons. The van der Waals surface area contributed by atoms with Crippen LogP contribution in [-0.4, -0.2) is 12.0 Å². The summed E-state index contributed by atoms with van der Waals surface area (Å²) in [7, 11) is 1.95. The lowest BCUT2D eigenvalue weighted by Gasteiger charge is -2.10. The maximum absolute atomic E-state index is 5.98. The van der Waals surface area contributed by atoms with Gasteiger partial charge in [-0.15, -0.1) is 0 Å². The Kier molecular flexibility index (Phi) is 4.12. The van der Waals surface area contributed by atoms with Gasteiger partial charge in [0, 0.05) is 18.1 Å².